The Morgan fingerprint density at radius 2 is 1.62 bits per heavy atom. The average molecular weight is 457 g/mol. The molecule has 0 saturated heterocycles. The Balaban J connectivity index is 1.68. The van der Waals surface area contributed by atoms with Gasteiger partial charge in [-0.05, 0) is 42.7 Å². The number of carbonyl (C=O) groups excluding carboxylic acids is 1. The van der Waals surface area contributed by atoms with Crippen LogP contribution in [0.15, 0.2) is 83.8 Å². The third-order valence-electron chi connectivity index (χ3n) is 4.78. The van der Waals surface area contributed by atoms with Crippen molar-refractivity contribution in [1.82, 2.24) is 10.0 Å². The van der Waals surface area contributed by atoms with E-state index in [4.69, 9.17) is 4.74 Å². The molecule has 0 heterocycles. The van der Waals surface area contributed by atoms with Crippen LogP contribution in [0, 0.1) is 12.7 Å². The van der Waals surface area contributed by atoms with E-state index in [9.17, 15) is 17.6 Å². The molecular formula is C24H25FN2O4S. The lowest BCUT2D eigenvalue weighted by Gasteiger charge is -2.19. The molecule has 0 aliphatic rings. The molecule has 1 atom stereocenters. The Labute approximate surface area is 187 Å². The Morgan fingerprint density at radius 3 is 2.34 bits per heavy atom. The summed E-state index contributed by atoms with van der Waals surface area (Å²) in [6.07, 6.45) is 0.110. The Bertz CT molecular complexity index is 1150. The average Bonchev–Trinajstić information content (AvgIpc) is 2.78. The van der Waals surface area contributed by atoms with Gasteiger partial charge in [0.1, 0.15) is 29.1 Å². The van der Waals surface area contributed by atoms with Gasteiger partial charge >= 0.3 is 0 Å². The summed E-state index contributed by atoms with van der Waals surface area (Å²) >= 11 is 0. The molecule has 168 valence electrons. The van der Waals surface area contributed by atoms with Gasteiger partial charge in [0.2, 0.25) is 15.9 Å². The SMILES string of the molecule is Cc1ccccc1OCCNC(=O)[C@H](Cc1ccccc1)NS(=O)(=O)c1ccccc1F. The molecule has 0 fully saturated rings. The minimum Gasteiger partial charge on any atom is -0.491 e. The van der Waals surface area contributed by atoms with Gasteiger partial charge < -0.3 is 10.1 Å². The first-order valence-electron chi connectivity index (χ1n) is 10.1. The maximum atomic E-state index is 14.1. The normalized spacial score (nSPS) is 12.2. The smallest absolute Gasteiger partial charge is 0.244 e. The molecule has 0 saturated carbocycles. The molecule has 6 nitrogen and oxygen atoms in total. The van der Waals surface area contributed by atoms with E-state index in [1.54, 1.807) is 24.3 Å². The number of halogens is 1. The zero-order valence-electron chi connectivity index (χ0n) is 17.6. The van der Waals surface area contributed by atoms with E-state index in [-0.39, 0.29) is 19.6 Å². The molecule has 0 spiro atoms. The molecule has 0 aromatic heterocycles. The fourth-order valence-electron chi connectivity index (χ4n) is 3.13. The summed E-state index contributed by atoms with van der Waals surface area (Å²) < 4.78 is 47.6. The monoisotopic (exact) mass is 456 g/mol. The van der Waals surface area contributed by atoms with Gasteiger partial charge in [-0.25, -0.2) is 12.8 Å². The first-order valence-corrected chi connectivity index (χ1v) is 11.6. The second-order valence-electron chi connectivity index (χ2n) is 7.20. The van der Waals surface area contributed by atoms with Crippen molar-refractivity contribution in [3.8, 4) is 5.75 Å². The van der Waals surface area contributed by atoms with Crippen LogP contribution in [0.1, 0.15) is 11.1 Å². The highest BCUT2D eigenvalue weighted by atomic mass is 32.2. The van der Waals surface area contributed by atoms with E-state index in [1.165, 1.54) is 12.1 Å². The quantitative estimate of drug-likeness (QED) is 0.459. The third-order valence-corrected chi connectivity index (χ3v) is 6.28. The standard InChI is InChI=1S/C24H25FN2O4S/c1-18-9-5-7-13-22(18)31-16-15-26-24(28)21(17-19-10-3-2-4-11-19)27-32(29,30)23-14-8-6-12-20(23)25/h2-14,21,27H,15-17H2,1H3,(H,26,28)/t21-/m0/s1. The first kappa shape index (κ1) is 23.4. The molecule has 2 N–H and O–H groups in total. The Hall–Kier alpha value is -3.23. The van der Waals surface area contributed by atoms with Crippen molar-refractivity contribution in [2.75, 3.05) is 13.2 Å². The van der Waals surface area contributed by atoms with Gasteiger partial charge in [-0.1, -0.05) is 60.7 Å². The summed E-state index contributed by atoms with van der Waals surface area (Å²) in [4.78, 5) is 12.3. The van der Waals surface area contributed by atoms with Crippen molar-refractivity contribution in [1.29, 1.82) is 0 Å². The molecule has 3 rings (SSSR count). The Kier molecular flexibility index (Phi) is 7.97. The molecule has 0 bridgehead atoms. The largest absolute Gasteiger partial charge is 0.491 e. The van der Waals surface area contributed by atoms with Crippen LogP contribution in [-0.4, -0.2) is 33.5 Å². The van der Waals surface area contributed by atoms with Crippen LogP contribution in [0.4, 0.5) is 4.39 Å². The predicted molar refractivity (Wildman–Crippen MR) is 120 cm³/mol. The lowest BCUT2D eigenvalue weighted by molar-refractivity contribution is -0.122. The molecule has 0 aliphatic heterocycles. The predicted octanol–water partition coefficient (Wildman–Crippen LogP) is 3.22. The maximum Gasteiger partial charge on any atom is 0.244 e. The number of rotatable bonds is 10. The number of para-hydroxylation sites is 1. The summed E-state index contributed by atoms with van der Waals surface area (Å²) in [6.45, 7) is 2.32. The van der Waals surface area contributed by atoms with Gasteiger partial charge in [-0.15, -0.1) is 0 Å². The number of aryl methyl sites for hydroxylation is 1. The lowest BCUT2D eigenvalue weighted by atomic mass is 10.1. The first-order chi connectivity index (χ1) is 15.4. The fourth-order valence-corrected chi connectivity index (χ4v) is 4.40. The van der Waals surface area contributed by atoms with Gasteiger partial charge in [0, 0.05) is 0 Å². The van der Waals surface area contributed by atoms with E-state index in [1.807, 2.05) is 37.3 Å². The highest BCUT2D eigenvalue weighted by Gasteiger charge is 2.27. The van der Waals surface area contributed by atoms with Gasteiger partial charge in [0.05, 0.1) is 6.54 Å². The van der Waals surface area contributed by atoms with Gasteiger partial charge in [0.15, 0.2) is 0 Å². The van der Waals surface area contributed by atoms with Crippen molar-refractivity contribution in [3.05, 3.63) is 95.8 Å². The second-order valence-corrected chi connectivity index (χ2v) is 8.88. The fraction of sp³-hybridized carbons (Fsp3) is 0.208. The summed E-state index contributed by atoms with van der Waals surface area (Å²) in [5.41, 5.74) is 1.73. The van der Waals surface area contributed by atoms with E-state index >= 15 is 0 Å². The van der Waals surface area contributed by atoms with Gasteiger partial charge in [-0.2, -0.15) is 4.72 Å². The Morgan fingerprint density at radius 1 is 0.969 bits per heavy atom. The molecule has 0 radical (unpaired) electrons. The van der Waals surface area contributed by atoms with Crippen molar-refractivity contribution in [2.45, 2.75) is 24.3 Å². The van der Waals surface area contributed by atoms with Gasteiger partial charge in [-0.3, -0.25) is 4.79 Å². The second kappa shape index (κ2) is 10.9. The number of amides is 1. The van der Waals surface area contributed by atoms with Crippen molar-refractivity contribution < 1.29 is 22.3 Å². The van der Waals surface area contributed by atoms with Crippen molar-refractivity contribution in [3.63, 3.8) is 0 Å². The van der Waals surface area contributed by atoms with E-state index in [0.717, 1.165) is 23.3 Å². The minimum absolute atomic E-state index is 0.110. The van der Waals surface area contributed by atoms with E-state index < -0.39 is 32.7 Å². The van der Waals surface area contributed by atoms with Gasteiger partial charge in [0.25, 0.3) is 0 Å². The van der Waals surface area contributed by atoms with Crippen LogP contribution < -0.4 is 14.8 Å². The number of nitrogens with one attached hydrogen (secondary N) is 2. The molecule has 0 aliphatic carbocycles. The van der Waals surface area contributed by atoms with Crippen LogP contribution in [0.2, 0.25) is 0 Å². The zero-order valence-corrected chi connectivity index (χ0v) is 18.4. The van der Waals surface area contributed by atoms with Crippen molar-refractivity contribution >= 4 is 15.9 Å². The number of ether oxygens (including phenoxy) is 1. The molecular weight excluding hydrogens is 431 g/mol. The highest BCUT2D eigenvalue weighted by molar-refractivity contribution is 7.89. The van der Waals surface area contributed by atoms with Crippen LogP contribution in [0.5, 0.6) is 5.75 Å². The number of hydrogen-bond donors (Lipinski definition) is 2. The maximum absolute atomic E-state index is 14.1. The number of benzene rings is 3. The summed E-state index contributed by atoms with van der Waals surface area (Å²) in [5.74, 6) is -0.699. The highest BCUT2D eigenvalue weighted by Crippen LogP contribution is 2.16. The van der Waals surface area contributed by atoms with Crippen LogP contribution in [-0.2, 0) is 21.2 Å². The molecule has 0 unspecified atom stereocenters. The molecule has 1 amide bonds. The topological polar surface area (TPSA) is 84.5 Å². The minimum atomic E-state index is -4.25. The number of carbonyl (C=O) groups is 1. The molecule has 32 heavy (non-hydrogen) atoms. The number of hydrogen-bond acceptors (Lipinski definition) is 4. The molecule has 3 aromatic rings. The van der Waals surface area contributed by atoms with Crippen LogP contribution in [0.25, 0.3) is 0 Å². The number of sulfonamides is 1. The van der Waals surface area contributed by atoms with E-state index in [2.05, 4.69) is 10.0 Å². The van der Waals surface area contributed by atoms with Crippen LogP contribution in [0.3, 0.4) is 0 Å². The molecule has 3 aromatic carbocycles. The molecule has 8 heteroatoms. The summed E-state index contributed by atoms with van der Waals surface area (Å²) in [7, 11) is -4.25. The zero-order chi connectivity index (χ0) is 23.0. The van der Waals surface area contributed by atoms with E-state index in [0.29, 0.717) is 5.75 Å². The lowest BCUT2D eigenvalue weighted by Crippen LogP contribution is -2.48. The van der Waals surface area contributed by atoms with Crippen molar-refractivity contribution in [2.24, 2.45) is 0 Å². The summed E-state index contributed by atoms with van der Waals surface area (Å²) in [5, 5.41) is 2.70. The summed E-state index contributed by atoms with van der Waals surface area (Å²) in [6, 6.07) is 20.4. The van der Waals surface area contributed by atoms with Crippen LogP contribution >= 0.6 is 0 Å². The third kappa shape index (κ3) is 6.38.